The average Bonchev–Trinajstić information content (AvgIpc) is 2.91. The molecular formula is C39H62O4. The summed E-state index contributed by atoms with van der Waals surface area (Å²) >= 11 is 0. The number of carboxylic acids is 1. The van der Waals surface area contributed by atoms with Gasteiger partial charge in [0, 0.05) is 11.1 Å². The smallest absolute Gasteiger partial charge is 0.318 e. The lowest BCUT2D eigenvalue weighted by molar-refractivity contribution is -0.141. The third-order valence-electron chi connectivity index (χ3n) is 9.14. The van der Waals surface area contributed by atoms with Crippen molar-refractivity contribution in [2.45, 2.75) is 169 Å². The molecule has 43 heavy (non-hydrogen) atoms. The van der Waals surface area contributed by atoms with Crippen molar-refractivity contribution in [2.75, 3.05) is 0 Å². The van der Waals surface area contributed by atoms with E-state index in [1.165, 1.54) is 0 Å². The van der Waals surface area contributed by atoms with Crippen LogP contribution in [-0.2, 0) is 46.7 Å². The fraction of sp³-hybridized carbons (Fsp3) is 0.667. The Bertz CT molecular complexity index is 1150. The minimum absolute atomic E-state index is 0.258. The number of aryl methyl sites for hydroxylation is 2. The Hall–Kier alpha value is -2.49. The fourth-order valence-corrected chi connectivity index (χ4v) is 6.81. The van der Waals surface area contributed by atoms with Gasteiger partial charge in [-0.1, -0.05) is 107 Å². The maximum atomic E-state index is 13.7. The van der Waals surface area contributed by atoms with Crippen LogP contribution in [0.1, 0.15) is 172 Å². The van der Waals surface area contributed by atoms with Crippen LogP contribution >= 0.6 is 0 Å². The second-order valence-corrected chi connectivity index (χ2v) is 14.9. The summed E-state index contributed by atoms with van der Waals surface area (Å²) in [4.78, 5) is 13.7. The molecule has 0 fully saturated rings. The van der Waals surface area contributed by atoms with Gasteiger partial charge in [0.1, 0.15) is 16.9 Å². The molecule has 0 aliphatic carbocycles. The van der Waals surface area contributed by atoms with E-state index in [0.717, 1.165) is 97.6 Å². The monoisotopic (exact) mass is 594 g/mol. The minimum Gasteiger partial charge on any atom is -0.507 e. The first kappa shape index (κ1) is 36.7. The molecule has 0 saturated carbocycles. The fourth-order valence-electron chi connectivity index (χ4n) is 6.81. The normalized spacial score (nSPS) is 12.6. The van der Waals surface area contributed by atoms with Crippen LogP contribution in [0.25, 0.3) is 0 Å². The SMILES string of the molecule is CCCCc1cc(C(C)(C(=O)O)c2cc(CCCC)c(C(C)(C)C)c(O)c2CCCC)c(CCCC)c(O)c1C(C)(C)C. The molecule has 4 heteroatoms. The second-order valence-electron chi connectivity index (χ2n) is 14.9. The number of carboxylic acid groups (broad SMARTS) is 1. The van der Waals surface area contributed by atoms with Crippen LogP contribution in [0.3, 0.4) is 0 Å². The molecule has 0 unspecified atom stereocenters. The van der Waals surface area contributed by atoms with Crippen LogP contribution in [0.2, 0.25) is 0 Å². The molecule has 3 N–H and O–H groups in total. The second kappa shape index (κ2) is 15.0. The van der Waals surface area contributed by atoms with Gasteiger partial charge in [0.15, 0.2) is 0 Å². The van der Waals surface area contributed by atoms with Gasteiger partial charge in [-0.05, 0) is 103 Å². The molecule has 0 spiro atoms. The number of benzene rings is 2. The first-order valence-corrected chi connectivity index (χ1v) is 17.0. The number of aromatic hydroxyl groups is 2. The van der Waals surface area contributed by atoms with Gasteiger partial charge in [-0.3, -0.25) is 4.79 Å². The predicted octanol–water partition coefficient (Wildman–Crippen LogP) is 10.5. The Morgan fingerprint density at radius 2 is 0.884 bits per heavy atom. The van der Waals surface area contributed by atoms with E-state index in [2.05, 4.69) is 81.4 Å². The molecule has 0 heterocycles. The summed E-state index contributed by atoms with van der Waals surface area (Å²) < 4.78 is 0. The van der Waals surface area contributed by atoms with E-state index < -0.39 is 11.4 Å². The molecule has 0 aliphatic rings. The van der Waals surface area contributed by atoms with Crippen molar-refractivity contribution in [3.8, 4) is 11.5 Å². The van der Waals surface area contributed by atoms with Crippen molar-refractivity contribution in [3.05, 3.63) is 56.6 Å². The minimum atomic E-state index is -1.45. The van der Waals surface area contributed by atoms with Gasteiger partial charge in [-0.25, -0.2) is 0 Å². The summed E-state index contributed by atoms with van der Waals surface area (Å²) in [5.74, 6) is -0.431. The van der Waals surface area contributed by atoms with Crippen molar-refractivity contribution in [3.63, 3.8) is 0 Å². The molecule has 242 valence electrons. The molecule has 0 atom stereocenters. The lowest BCUT2D eigenvalue weighted by atomic mass is 9.67. The third kappa shape index (κ3) is 7.97. The lowest BCUT2D eigenvalue weighted by Gasteiger charge is -2.36. The third-order valence-corrected chi connectivity index (χ3v) is 9.14. The van der Waals surface area contributed by atoms with Gasteiger partial charge < -0.3 is 15.3 Å². The van der Waals surface area contributed by atoms with Crippen molar-refractivity contribution in [2.24, 2.45) is 0 Å². The topological polar surface area (TPSA) is 77.8 Å². The Labute approximate surface area is 263 Å². The largest absolute Gasteiger partial charge is 0.507 e. The van der Waals surface area contributed by atoms with Gasteiger partial charge in [0.25, 0.3) is 0 Å². The Balaban J connectivity index is 3.20. The quantitative estimate of drug-likeness (QED) is 0.192. The molecule has 0 aromatic heterocycles. The van der Waals surface area contributed by atoms with Crippen LogP contribution < -0.4 is 0 Å². The maximum Gasteiger partial charge on any atom is 0.318 e. The summed E-state index contributed by atoms with van der Waals surface area (Å²) in [6.45, 7) is 23.1. The van der Waals surface area contributed by atoms with Crippen LogP contribution in [0.4, 0.5) is 0 Å². The van der Waals surface area contributed by atoms with E-state index in [9.17, 15) is 20.1 Å². The highest BCUT2D eigenvalue weighted by Gasteiger charge is 2.44. The number of unbranched alkanes of at least 4 members (excludes halogenated alkanes) is 4. The van der Waals surface area contributed by atoms with Gasteiger partial charge in [-0.15, -0.1) is 0 Å². The molecule has 4 nitrogen and oxygen atoms in total. The van der Waals surface area contributed by atoms with Gasteiger partial charge in [0.05, 0.1) is 0 Å². The van der Waals surface area contributed by atoms with E-state index in [4.69, 9.17) is 0 Å². The van der Waals surface area contributed by atoms with Crippen LogP contribution in [0.15, 0.2) is 12.1 Å². The van der Waals surface area contributed by atoms with E-state index in [1.54, 1.807) is 0 Å². The van der Waals surface area contributed by atoms with E-state index >= 15 is 0 Å². The summed E-state index contributed by atoms with van der Waals surface area (Å²) in [6.07, 6.45) is 10.3. The van der Waals surface area contributed by atoms with Crippen molar-refractivity contribution in [1.29, 1.82) is 0 Å². The average molecular weight is 595 g/mol. The Morgan fingerprint density at radius 3 is 1.14 bits per heavy atom. The van der Waals surface area contributed by atoms with Gasteiger partial charge in [0.2, 0.25) is 0 Å². The number of hydrogen-bond acceptors (Lipinski definition) is 3. The number of aliphatic carboxylic acids is 1. The molecule has 2 aromatic rings. The molecule has 2 rings (SSSR count). The van der Waals surface area contributed by atoms with E-state index in [-0.39, 0.29) is 22.3 Å². The molecule has 2 aromatic carbocycles. The van der Waals surface area contributed by atoms with Gasteiger partial charge in [-0.2, -0.15) is 0 Å². The van der Waals surface area contributed by atoms with Crippen LogP contribution in [-0.4, -0.2) is 21.3 Å². The molecule has 0 radical (unpaired) electrons. The highest BCUT2D eigenvalue weighted by atomic mass is 16.4. The van der Waals surface area contributed by atoms with Gasteiger partial charge >= 0.3 is 5.97 Å². The van der Waals surface area contributed by atoms with Crippen molar-refractivity contribution >= 4 is 5.97 Å². The van der Waals surface area contributed by atoms with Crippen LogP contribution in [0.5, 0.6) is 11.5 Å². The highest BCUT2D eigenvalue weighted by molar-refractivity contribution is 5.88. The zero-order chi connectivity index (χ0) is 32.8. The maximum absolute atomic E-state index is 13.7. The number of phenolic OH excluding ortho intramolecular Hbond substituents is 2. The zero-order valence-corrected chi connectivity index (χ0v) is 29.4. The first-order valence-electron chi connectivity index (χ1n) is 17.0. The van der Waals surface area contributed by atoms with Crippen molar-refractivity contribution < 1.29 is 20.1 Å². The molecule has 0 aliphatic heterocycles. The number of phenols is 2. The standard InChI is InChI=1S/C39H62O4/c1-12-16-20-26-24-30(28(22-18-14-3)34(40)32(26)37(5,6)7)39(11,36(42)43)31-25-27(21-17-13-2)33(38(8,9)10)35(41)29(31)23-19-15-4/h24-25,40-41H,12-23H2,1-11H3,(H,42,43). The summed E-state index contributed by atoms with van der Waals surface area (Å²) in [5.41, 5.74) is 4.74. The summed E-state index contributed by atoms with van der Waals surface area (Å²) in [7, 11) is 0. The Morgan fingerprint density at radius 1 is 0.581 bits per heavy atom. The van der Waals surface area contributed by atoms with E-state index in [1.807, 2.05) is 6.92 Å². The van der Waals surface area contributed by atoms with Crippen molar-refractivity contribution in [1.82, 2.24) is 0 Å². The Kier molecular flexibility index (Phi) is 12.8. The summed E-state index contributed by atoms with van der Waals surface area (Å²) in [5, 5.41) is 35.3. The van der Waals surface area contributed by atoms with E-state index in [0.29, 0.717) is 24.0 Å². The number of rotatable bonds is 15. The molecular weight excluding hydrogens is 532 g/mol. The molecule has 0 amide bonds. The molecule has 0 bridgehead atoms. The predicted molar refractivity (Wildman–Crippen MR) is 182 cm³/mol. The number of hydrogen-bond donors (Lipinski definition) is 3. The lowest BCUT2D eigenvalue weighted by Crippen LogP contribution is -2.37. The summed E-state index contributed by atoms with van der Waals surface area (Å²) in [6, 6.07) is 4.22. The molecule has 0 saturated heterocycles. The number of carbonyl (C=O) groups is 1. The highest BCUT2D eigenvalue weighted by Crippen LogP contribution is 2.49. The zero-order valence-electron chi connectivity index (χ0n) is 29.4. The van der Waals surface area contributed by atoms with Crippen LogP contribution in [0, 0.1) is 0 Å². The first-order chi connectivity index (χ1) is 20.0.